The van der Waals surface area contributed by atoms with Crippen LogP contribution in [-0.4, -0.2) is 61.4 Å². The minimum Gasteiger partial charge on any atom is -0.465 e. The zero-order valence-electron chi connectivity index (χ0n) is 16.6. The van der Waals surface area contributed by atoms with Crippen molar-refractivity contribution in [2.45, 2.75) is 59.4 Å². The van der Waals surface area contributed by atoms with Crippen molar-refractivity contribution in [1.29, 1.82) is 0 Å². The number of esters is 5. The highest BCUT2D eigenvalue weighted by Gasteiger charge is 2.51. The first-order valence-electron chi connectivity index (χ1n) is 8.79. The first-order valence-corrected chi connectivity index (χ1v) is 8.79. The van der Waals surface area contributed by atoms with E-state index in [1.165, 1.54) is 27.7 Å². The highest BCUT2D eigenvalue weighted by Crippen LogP contribution is 2.36. The van der Waals surface area contributed by atoms with Crippen LogP contribution in [0.1, 0.15) is 41.0 Å². The summed E-state index contributed by atoms with van der Waals surface area (Å²) in [6.45, 7) is 5.74. The van der Waals surface area contributed by atoms with E-state index < -0.39 is 60.0 Å². The molecule has 0 bridgehead atoms. The van der Waals surface area contributed by atoms with Gasteiger partial charge in [-0.15, -0.1) is 0 Å². The minimum atomic E-state index is -1.15. The molecule has 1 fully saturated rings. The Morgan fingerprint density at radius 3 is 1.18 bits per heavy atom. The summed E-state index contributed by atoms with van der Waals surface area (Å²) in [6, 6.07) is 0. The fraction of sp³-hybridized carbons (Fsp3) is 0.722. The van der Waals surface area contributed by atoms with E-state index in [4.69, 9.17) is 23.7 Å². The predicted octanol–water partition coefficient (Wildman–Crippen LogP) is 0.544. The average molecular weight is 402 g/mol. The molecule has 158 valence electrons. The van der Waals surface area contributed by atoms with Crippen molar-refractivity contribution in [3.8, 4) is 0 Å². The largest absolute Gasteiger partial charge is 0.465 e. The van der Waals surface area contributed by atoms with Crippen molar-refractivity contribution in [3.05, 3.63) is 0 Å². The lowest BCUT2D eigenvalue weighted by Crippen LogP contribution is -2.57. The zero-order chi connectivity index (χ0) is 21.4. The van der Waals surface area contributed by atoms with Gasteiger partial charge in [0.25, 0.3) is 0 Å². The Morgan fingerprint density at radius 2 is 0.893 bits per heavy atom. The average Bonchev–Trinajstić information content (AvgIpc) is 2.54. The van der Waals surface area contributed by atoms with Crippen LogP contribution in [-0.2, 0) is 47.7 Å². The smallest absolute Gasteiger partial charge is 0.303 e. The summed E-state index contributed by atoms with van der Waals surface area (Å²) in [6.07, 6.45) is -2.95. The van der Waals surface area contributed by atoms with Crippen LogP contribution < -0.4 is 0 Å². The van der Waals surface area contributed by atoms with Gasteiger partial charge in [-0.25, -0.2) is 0 Å². The molecule has 0 saturated heterocycles. The highest BCUT2D eigenvalue weighted by molar-refractivity contribution is 5.69. The van der Waals surface area contributed by atoms with Gasteiger partial charge >= 0.3 is 29.8 Å². The molecule has 1 aliphatic rings. The number of carbonyl (C=O) groups excluding carboxylic acids is 5. The molecule has 0 radical (unpaired) electrons. The second-order valence-corrected chi connectivity index (χ2v) is 6.58. The first-order chi connectivity index (χ1) is 13.0. The second-order valence-electron chi connectivity index (χ2n) is 6.58. The van der Waals surface area contributed by atoms with E-state index in [9.17, 15) is 24.0 Å². The first kappa shape index (κ1) is 23.4. The van der Waals surface area contributed by atoms with Crippen LogP contribution in [0.3, 0.4) is 0 Å². The molecule has 0 aromatic carbocycles. The van der Waals surface area contributed by atoms with Gasteiger partial charge in [0.1, 0.15) is 12.2 Å². The van der Waals surface area contributed by atoms with Crippen LogP contribution >= 0.6 is 0 Å². The van der Waals surface area contributed by atoms with Gasteiger partial charge in [-0.1, -0.05) is 0 Å². The lowest BCUT2D eigenvalue weighted by molar-refractivity contribution is -0.211. The molecule has 0 spiro atoms. The van der Waals surface area contributed by atoms with E-state index in [-0.39, 0.29) is 19.6 Å². The number of hydrogen-bond donors (Lipinski definition) is 0. The van der Waals surface area contributed by atoms with E-state index in [2.05, 4.69) is 0 Å². The third kappa shape index (κ3) is 7.53. The molecule has 0 heterocycles. The lowest BCUT2D eigenvalue weighted by atomic mass is 9.75. The van der Waals surface area contributed by atoms with E-state index >= 15 is 0 Å². The number of carbonyl (C=O) groups is 5. The van der Waals surface area contributed by atoms with Crippen molar-refractivity contribution in [2.24, 2.45) is 11.8 Å². The summed E-state index contributed by atoms with van der Waals surface area (Å²) in [5, 5.41) is 0. The van der Waals surface area contributed by atoms with Crippen molar-refractivity contribution < 1.29 is 47.7 Å². The SMILES string of the molecule is CC(=O)OCC1C[C@H](COC(C)=O)[C@@H](OC(C)=O)[C@H](OC(C)=O)[C@H]1OC(C)=O. The van der Waals surface area contributed by atoms with E-state index in [1.807, 2.05) is 0 Å². The van der Waals surface area contributed by atoms with E-state index in [1.54, 1.807) is 0 Å². The summed E-state index contributed by atoms with van der Waals surface area (Å²) in [5.74, 6) is -4.17. The molecule has 0 aromatic heterocycles. The van der Waals surface area contributed by atoms with Crippen molar-refractivity contribution >= 4 is 29.8 Å². The normalized spacial score (nSPS) is 26.5. The second kappa shape index (κ2) is 10.6. The van der Waals surface area contributed by atoms with Crippen molar-refractivity contribution in [1.82, 2.24) is 0 Å². The monoisotopic (exact) mass is 402 g/mol. The molecular weight excluding hydrogens is 376 g/mol. The number of rotatable bonds is 7. The molecule has 0 aromatic rings. The van der Waals surface area contributed by atoms with Crippen LogP contribution in [0.4, 0.5) is 0 Å². The molecule has 10 nitrogen and oxygen atoms in total. The van der Waals surface area contributed by atoms with Crippen molar-refractivity contribution in [3.63, 3.8) is 0 Å². The molecule has 28 heavy (non-hydrogen) atoms. The Hall–Kier alpha value is -2.65. The molecule has 1 aliphatic carbocycles. The molecule has 5 atom stereocenters. The molecule has 1 rings (SSSR count). The number of ether oxygens (including phenoxy) is 5. The van der Waals surface area contributed by atoms with Gasteiger partial charge in [-0.3, -0.25) is 24.0 Å². The van der Waals surface area contributed by atoms with Gasteiger partial charge in [0, 0.05) is 46.5 Å². The number of hydrogen-bond acceptors (Lipinski definition) is 10. The van der Waals surface area contributed by atoms with Gasteiger partial charge < -0.3 is 23.7 Å². The summed E-state index contributed by atoms with van der Waals surface area (Å²) in [5.41, 5.74) is 0. The summed E-state index contributed by atoms with van der Waals surface area (Å²) in [4.78, 5) is 57.3. The maximum Gasteiger partial charge on any atom is 0.303 e. The van der Waals surface area contributed by atoms with Gasteiger partial charge in [0.05, 0.1) is 13.2 Å². The molecule has 1 saturated carbocycles. The maximum atomic E-state index is 11.6. The standard InChI is InChI=1S/C18H26O10/c1-9(19)24-7-14-6-15(8-25-10(2)20)17(27-12(4)22)18(28-13(5)23)16(14)26-11(3)21/h14-18H,6-8H2,1-5H3/t14-,15?,16-,17+,18+/m1/s1. The van der Waals surface area contributed by atoms with Crippen molar-refractivity contribution in [2.75, 3.05) is 13.2 Å². The van der Waals surface area contributed by atoms with Crippen LogP contribution in [0.2, 0.25) is 0 Å². The van der Waals surface area contributed by atoms with Gasteiger partial charge in [-0.05, 0) is 6.42 Å². The molecule has 0 aliphatic heterocycles. The molecule has 1 unspecified atom stereocenters. The fourth-order valence-corrected chi connectivity index (χ4v) is 3.19. The third-order valence-corrected chi connectivity index (χ3v) is 4.09. The quantitative estimate of drug-likeness (QED) is 0.439. The van der Waals surface area contributed by atoms with Gasteiger partial charge in [-0.2, -0.15) is 0 Å². The topological polar surface area (TPSA) is 132 Å². The lowest BCUT2D eigenvalue weighted by Gasteiger charge is -2.44. The van der Waals surface area contributed by atoms with Crippen LogP contribution in [0, 0.1) is 11.8 Å². The predicted molar refractivity (Wildman–Crippen MR) is 91.5 cm³/mol. The van der Waals surface area contributed by atoms with Crippen LogP contribution in [0.25, 0.3) is 0 Å². The third-order valence-electron chi connectivity index (χ3n) is 4.09. The summed E-state index contributed by atoms with van der Waals surface area (Å²) in [7, 11) is 0. The van der Waals surface area contributed by atoms with E-state index in [0.717, 1.165) is 6.92 Å². The molecule has 0 N–H and O–H groups in total. The maximum absolute atomic E-state index is 11.6. The van der Waals surface area contributed by atoms with Gasteiger partial charge in [0.15, 0.2) is 6.10 Å². The zero-order valence-corrected chi connectivity index (χ0v) is 16.6. The molecular formula is C18H26O10. The Kier molecular flexibility index (Phi) is 8.87. The summed E-state index contributed by atoms with van der Waals surface area (Å²) >= 11 is 0. The Labute approximate surface area is 162 Å². The van der Waals surface area contributed by atoms with Crippen LogP contribution in [0.5, 0.6) is 0 Å². The Bertz CT molecular complexity index is 569. The Morgan fingerprint density at radius 1 is 0.571 bits per heavy atom. The molecule has 0 amide bonds. The Balaban J connectivity index is 3.26. The fourth-order valence-electron chi connectivity index (χ4n) is 3.19. The van der Waals surface area contributed by atoms with Crippen LogP contribution in [0.15, 0.2) is 0 Å². The minimum absolute atomic E-state index is 0.117. The van der Waals surface area contributed by atoms with E-state index in [0.29, 0.717) is 0 Å². The molecule has 10 heteroatoms. The van der Waals surface area contributed by atoms with Gasteiger partial charge in [0.2, 0.25) is 0 Å². The highest BCUT2D eigenvalue weighted by atomic mass is 16.6. The summed E-state index contributed by atoms with van der Waals surface area (Å²) < 4.78 is 26.1.